The Hall–Kier alpha value is -2.31. The van der Waals surface area contributed by atoms with Crippen LogP contribution >= 0.6 is 23.2 Å². The second-order valence-electron chi connectivity index (χ2n) is 8.59. The monoisotopic (exact) mass is 468 g/mol. The molecule has 0 radical (unpaired) electrons. The van der Waals surface area contributed by atoms with Crippen molar-refractivity contribution in [1.29, 1.82) is 0 Å². The molecule has 2 aliphatic heterocycles. The van der Waals surface area contributed by atoms with Gasteiger partial charge in [-0.3, -0.25) is 0 Å². The van der Waals surface area contributed by atoms with Crippen molar-refractivity contribution in [2.24, 2.45) is 11.8 Å². The van der Waals surface area contributed by atoms with Crippen LogP contribution in [0.15, 0.2) is 54.7 Å². The van der Waals surface area contributed by atoms with Gasteiger partial charge in [-0.1, -0.05) is 23.2 Å². The highest BCUT2D eigenvalue weighted by Crippen LogP contribution is 2.34. The van der Waals surface area contributed by atoms with Gasteiger partial charge in [-0.2, -0.15) is 0 Å². The summed E-state index contributed by atoms with van der Waals surface area (Å²) < 4.78 is 6.20. The first-order valence-electron chi connectivity index (χ1n) is 10.9. The van der Waals surface area contributed by atoms with Gasteiger partial charge in [-0.25, -0.2) is 4.98 Å². The number of halogens is 2. The molecule has 7 heteroatoms. The largest absolute Gasteiger partial charge is 0.456 e. The normalized spacial score (nSPS) is 19.9. The van der Waals surface area contributed by atoms with Gasteiger partial charge < -0.3 is 20.3 Å². The topological polar surface area (TPSA) is 49.4 Å². The molecule has 3 heterocycles. The first kappa shape index (κ1) is 21.5. The number of nitrogens with one attached hydrogen (secondary N) is 2. The van der Waals surface area contributed by atoms with Gasteiger partial charge in [0.25, 0.3) is 0 Å². The molecule has 2 saturated heterocycles. The second-order valence-corrected chi connectivity index (χ2v) is 9.46. The second kappa shape index (κ2) is 9.28. The van der Waals surface area contributed by atoms with Crippen LogP contribution in [0.2, 0.25) is 10.0 Å². The number of fused-ring (bicyclic) bond motifs is 1. The summed E-state index contributed by atoms with van der Waals surface area (Å²) >= 11 is 12.5. The minimum absolute atomic E-state index is 0.607. The standard InChI is InChI=1S/C25H26Cl2N4O/c1-28-10-16-4-17(18-6-21(26)9-22(27)7-18)8-24(5-16)32-23-2-3-25(30-13-23)31-14-19-11-29-12-20(19)15-31/h2-9,13,19-20,28-29H,10-12,14-15H2,1H3. The van der Waals surface area contributed by atoms with Crippen LogP contribution in [-0.2, 0) is 6.54 Å². The predicted molar refractivity (Wildman–Crippen MR) is 131 cm³/mol. The molecule has 2 unspecified atom stereocenters. The van der Waals surface area contributed by atoms with Crippen LogP contribution in [-0.4, -0.2) is 38.2 Å². The average molecular weight is 469 g/mol. The third-order valence-electron chi connectivity index (χ3n) is 6.21. The predicted octanol–water partition coefficient (Wildman–Crippen LogP) is 5.22. The Bertz CT molecular complexity index is 1070. The third-order valence-corrected chi connectivity index (χ3v) is 6.65. The van der Waals surface area contributed by atoms with Gasteiger partial charge >= 0.3 is 0 Å². The maximum Gasteiger partial charge on any atom is 0.145 e. The zero-order chi connectivity index (χ0) is 22.1. The number of hydrogen-bond donors (Lipinski definition) is 2. The summed E-state index contributed by atoms with van der Waals surface area (Å²) in [4.78, 5) is 7.06. The van der Waals surface area contributed by atoms with Crippen LogP contribution < -0.4 is 20.3 Å². The Balaban J connectivity index is 1.36. The van der Waals surface area contributed by atoms with E-state index in [-0.39, 0.29) is 0 Å². The van der Waals surface area contributed by atoms with Gasteiger partial charge in [0.1, 0.15) is 17.3 Å². The molecule has 166 valence electrons. The molecule has 32 heavy (non-hydrogen) atoms. The van der Waals surface area contributed by atoms with Crippen molar-refractivity contribution in [2.45, 2.75) is 6.54 Å². The van der Waals surface area contributed by atoms with Gasteiger partial charge in [0.15, 0.2) is 0 Å². The van der Waals surface area contributed by atoms with Crippen LogP contribution in [0.1, 0.15) is 5.56 Å². The number of hydrogen-bond acceptors (Lipinski definition) is 5. The Labute approximate surface area is 198 Å². The molecule has 2 fully saturated rings. The molecule has 0 saturated carbocycles. The fourth-order valence-corrected chi connectivity index (χ4v) is 5.24. The number of benzene rings is 2. The molecule has 2 N–H and O–H groups in total. The van der Waals surface area contributed by atoms with Gasteiger partial charge in [0.05, 0.1) is 6.20 Å². The lowest BCUT2D eigenvalue weighted by atomic mass is 10.0. The molecule has 0 aliphatic carbocycles. The summed E-state index contributed by atoms with van der Waals surface area (Å²) in [6, 6.07) is 15.8. The number of ether oxygens (including phenoxy) is 1. The van der Waals surface area contributed by atoms with Crippen molar-refractivity contribution >= 4 is 29.0 Å². The maximum atomic E-state index is 6.23. The van der Waals surface area contributed by atoms with Gasteiger partial charge in [0, 0.05) is 42.8 Å². The van der Waals surface area contributed by atoms with Gasteiger partial charge in [-0.05, 0) is 84.1 Å². The Morgan fingerprint density at radius 3 is 2.34 bits per heavy atom. The number of pyridine rings is 1. The van der Waals surface area contributed by atoms with Gasteiger partial charge in [0.2, 0.25) is 0 Å². The molecular weight excluding hydrogens is 443 g/mol. The van der Waals surface area contributed by atoms with Crippen LogP contribution in [0.5, 0.6) is 11.5 Å². The molecule has 5 rings (SSSR count). The summed E-state index contributed by atoms with van der Waals surface area (Å²) in [5.41, 5.74) is 3.06. The first-order valence-corrected chi connectivity index (χ1v) is 11.7. The fourth-order valence-electron chi connectivity index (χ4n) is 4.71. The van der Waals surface area contributed by atoms with E-state index in [0.29, 0.717) is 15.8 Å². The molecule has 0 amide bonds. The molecule has 1 aromatic heterocycles. The van der Waals surface area contributed by atoms with Crippen LogP contribution in [0.25, 0.3) is 11.1 Å². The van der Waals surface area contributed by atoms with Crippen molar-refractivity contribution in [3.05, 3.63) is 70.3 Å². The molecule has 0 bridgehead atoms. The lowest BCUT2D eigenvalue weighted by Crippen LogP contribution is -2.26. The Kier molecular flexibility index (Phi) is 6.24. The van der Waals surface area contributed by atoms with E-state index >= 15 is 0 Å². The molecule has 2 aliphatic rings. The number of aromatic nitrogens is 1. The van der Waals surface area contributed by atoms with Crippen molar-refractivity contribution in [3.63, 3.8) is 0 Å². The summed E-state index contributed by atoms with van der Waals surface area (Å²) in [6.07, 6.45) is 1.81. The summed E-state index contributed by atoms with van der Waals surface area (Å²) in [6.45, 7) is 5.10. The molecular formula is C25H26Cl2N4O. The third kappa shape index (κ3) is 4.71. The maximum absolute atomic E-state index is 6.23. The average Bonchev–Trinajstić information content (AvgIpc) is 3.36. The molecule has 3 aromatic rings. The minimum atomic E-state index is 0.607. The molecule has 0 spiro atoms. The van der Waals surface area contributed by atoms with E-state index in [4.69, 9.17) is 27.9 Å². The quantitative estimate of drug-likeness (QED) is 0.518. The number of rotatable bonds is 6. The Morgan fingerprint density at radius 1 is 0.969 bits per heavy atom. The van der Waals surface area contributed by atoms with E-state index < -0.39 is 0 Å². The van der Waals surface area contributed by atoms with Gasteiger partial charge in [-0.15, -0.1) is 0 Å². The lowest BCUT2D eigenvalue weighted by Gasteiger charge is -2.18. The van der Waals surface area contributed by atoms with E-state index in [9.17, 15) is 0 Å². The summed E-state index contributed by atoms with van der Waals surface area (Å²) in [7, 11) is 1.93. The number of anilines is 1. The molecule has 2 atom stereocenters. The van der Waals surface area contributed by atoms with Crippen molar-refractivity contribution < 1.29 is 4.74 Å². The van der Waals surface area contributed by atoms with E-state index in [1.807, 2.05) is 43.6 Å². The van der Waals surface area contributed by atoms with Crippen molar-refractivity contribution in [2.75, 3.05) is 38.1 Å². The van der Waals surface area contributed by atoms with E-state index in [2.05, 4.69) is 32.7 Å². The van der Waals surface area contributed by atoms with E-state index in [0.717, 1.165) is 72.8 Å². The fraction of sp³-hybridized carbons (Fsp3) is 0.320. The zero-order valence-electron chi connectivity index (χ0n) is 17.9. The summed E-state index contributed by atoms with van der Waals surface area (Å²) in [5.74, 6) is 3.96. The van der Waals surface area contributed by atoms with Crippen LogP contribution in [0.3, 0.4) is 0 Å². The highest BCUT2D eigenvalue weighted by atomic mass is 35.5. The zero-order valence-corrected chi connectivity index (χ0v) is 19.5. The SMILES string of the molecule is CNCc1cc(Oc2ccc(N3CC4CNCC4C3)nc2)cc(-c2cc(Cl)cc(Cl)c2)c1. The van der Waals surface area contributed by atoms with Crippen molar-refractivity contribution in [3.8, 4) is 22.6 Å². The lowest BCUT2D eigenvalue weighted by molar-refractivity contribution is 0.479. The Morgan fingerprint density at radius 2 is 1.69 bits per heavy atom. The molecule has 2 aromatic carbocycles. The minimum Gasteiger partial charge on any atom is -0.456 e. The van der Waals surface area contributed by atoms with Crippen LogP contribution in [0.4, 0.5) is 5.82 Å². The number of nitrogens with zero attached hydrogens (tertiary/aromatic N) is 2. The molecule has 5 nitrogen and oxygen atoms in total. The summed E-state index contributed by atoms with van der Waals surface area (Å²) in [5, 5.41) is 7.90. The first-order chi connectivity index (χ1) is 15.6. The van der Waals surface area contributed by atoms with Crippen LogP contribution in [0, 0.1) is 11.8 Å². The van der Waals surface area contributed by atoms with E-state index in [1.165, 1.54) is 0 Å². The smallest absolute Gasteiger partial charge is 0.145 e. The highest BCUT2D eigenvalue weighted by molar-refractivity contribution is 6.35. The van der Waals surface area contributed by atoms with Crippen molar-refractivity contribution in [1.82, 2.24) is 15.6 Å². The highest BCUT2D eigenvalue weighted by Gasteiger charge is 2.36. The van der Waals surface area contributed by atoms with E-state index in [1.54, 1.807) is 6.07 Å².